The molecule has 1 N–H and O–H groups in total. The molecule has 146 valence electrons. The third-order valence-electron chi connectivity index (χ3n) is 4.82. The molecule has 0 aliphatic rings. The van der Waals surface area contributed by atoms with Crippen molar-refractivity contribution in [1.82, 2.24) is 9.47 Å². The average molecular weight is 396 g/mol. The molecule has 28 heavy (non-hydrogen) atoms. The summed E-state index contributed by atoms with van der Waals surface area (Å²) in [4.78, 5) is 27.0. The van der Waals surface area contributed by atoms with Crippen molar-refractivity contribution >= 4 is 28.8 Å². The third kappa shape index (κ3) is 3.87. The lowest BCUT2D eigenvalue weighted by Gasteiger charge is -2.19. The van der Waals surface area contributed by atoms with Crippen LogP contribution in [0, 0.1) is 27.7 Å². The van der Waals surface area contributed by atoms with E-state index in [9.17, 15) is 9.59 Å². The number of nitrogens with one attached hydrogen (secondary N) is 1. The van der Waals surface area contributed by atoms with Crippen molar-refractivity contribution in [2.45, 2.75) is 27.7 Å². The number of aryl methyl sites for hydroxylation is 4. The highest BCUT2D eigenvalue weighted by molar-refractivity contribution is 7.13. The number of hydrogen-bond donors (Lipinski definition) is 1. The van der Waals surface area contributed by atoms with E-state index in [0.29, 0.717) is 5.56 Å². The standard InChI is InChI=1S/C22H25N3O2S/c1-14-7-6-8-15(2)20(14)23-19(26)13-24(5)21(27)18-11-12-28-22(18)25-16(3)9-10-17(25)4/h6-12H,13H2,1-5H3,(H,23,26). The number of carbonyl (C=O) groups excluding carboxylic acids is 2. The quantitative estimate of drug-likeness (QED) is 0.692. The summed E-state index contributed by atoms with van der Waals surface area (Å²) in [7, 11) is 1.66. The molecule has 1 aromatic carbocycles. The van der Waals surface area contributed by atoms with Gasteiger partial charge in [-0.1, -0.05) is 18.2 Å². The number of amides is 2. The molecule has 2 heterocycles. The molecular formula is C22H25N3O2S. The largest absolute Gasteiger partial charge is 0.332 e. The first kappa shape index (κ1) is 19.9. The summed E-state index contributed by atoms with van der Waals surface area (Å²) in [5.41, 5.74) is 5.56. The van der Waals surface area contributed by atoms with Crippen LogP contribution in [0.3, 0.4) is 0 Å². The summed E-state index contributed by atoms with van der Waals surface area (Å²) in [6.07, 6.45) is 0. The Morgan fingerprint density at radius 2 is 1.61 bits per heavy atom. The number of nitrogens with zero attached hydrogens (tertiary/aromatic N) is 2. The smallest absolute Gasteiger partial charge is 0.257 e. The zero-order chi connectivity index (χ0) is 20.4. The van der Waals surface area contributed by atoms with Gasteiger partial charge in [-0.15, -0.1) is 11.3 Å². The molecule has 6 heteroatoms. The molecule has 0 aliphatic carbocycles. The Morgan fingerprint density at radius 3 is 2.21 bits per heavy atom. The minimum absolute atomic E-state index is 0.00840. The van der Waals surface area contributed by atoms with Gasteiger partial charge in [0.1, 0.15) is 5.00 Å². The maximum atomic E-state index is 13.0. The molecule has 0 unspecified atom stereocenters. The molecule has 3 rings (SSSR count). The number of benzene rings is 1. The molecule has 0 atom stereocenters. The maximum absolute atomic E-state index is 13.0. The van der Waals surface area contributed by atoms with Crippen molar-refractivity contribution in [1.29, 1.82) is 0 Å². The summed E-state index contributed by atoms with van der Waals surface area (Å²) < 4.78 is 2.07. The first-order valence-electron chi connectivity index (χ1n) is 9.14. The van der Waals surface area contributed by atoms with Gasteiger partial charge in [0.05, 0.1) is 12.1 Å². The summed E-state index contributed by atoms with van der Waals surface area (Å²) in [6, 6.07) is 11.8. The van der Waals surface area contributed by atoms with Gasteiger partial charge in [0.2, 0.25) is 5.91 Å². The van der Waals surface area contributed by atoms with Crippen molar-refractivity contribution in [2.75, 3.05) is 18.9 Å². The van der Waals surface area contributed by atoms with Crippen LogP contribution >= 0.6 is 11.3 Å². The van der Waals surface area contributed by atoms with E-state index in [4.69, 9.17) is 0 Å². The van der Waals surface area contributed by atoms with Gasteiger partial charge in [0.25, 0.3) is 5.91 Å². The van der Waals surface area contributed by atoms with Crippen LogP contribution in [0.5, 0.6) is 0 Å². The predicted octanol–water partition coefficient (Wildman–Crippen LogP) is 4.48. The molecule has 0 saturated heterocycles. The minimum atomic E-state index is -0.210. The van der Waals surface area contributed by atoms with Crippen LogP contribution in [0.2, 0.25) is 0 Å². The topological polar surface area (TPSA) is 54.3 Å². The molecule has 0 saturated carbocycles. The Kier molecular flexibility index (Phi) is 5.70. The molecule has 2 amide bonds. The second kappa shape index (κ2) is 8.02. The van der Waals surface area contributed by atoms with Crippen molar-refractivity contribution in [3.8, 4) is 5.00 Å². The SMILES string of the molecule is Cc1cccc(C)c1NC(=O)CN(C)C(=O)c1ccsc1-n1c(C)ccc1C. The Hall–Kier alpha value is -2.86. The number of aromatic nitrogens is 1. The van der Waals surface area contributed by atoms with Crippen molar-refractivity contribution < 1.29 is 9.59 Å². The fourth-order valence-electron chi connectivity index (χ4n) is 3.31. The van der Waals surface area contributed by atoms with Crippen molar-refractivity contribution in [3.05, 3.63) is 69.9 Å². The number of carbonyl (C=O) groups is 2. The Bertz CT molecular complexity index is 993. The molecule has 0 radical (unpaired) electrons. The van der Waals surface area contributed by atoms with E-state index in [2.05, 4.69) is 9.88 Å². The molecule has 0 fully saturated rings. The number of thiophene rings is 1. The summed E-state index contributed by atoms with van der Waals surface area (Å²) in [5.74, 6) is -0.376. The normalized spacial score (nSPS) is 10.8. The maximum Gasteiger partial charge on any atom is 0.257 e. The van der Waals surface area contributed by atoms with E-state index < -0.39 is 0 Å². The monoisotopic (exact) mass is 395 g/mol. The highest BCUT2D eigenvalue weighted by atomic mass is 32.1. The zero-order valence-electron chi connectivity index (χ0n) is 16.9. The van der Waals surface area contributed by atoms with Gasteiger partial charge in [0.15, 0.2) is 0 Å². The highest BCUT2D eigenvalue weighted by Crippen LogP contribution is 2.27. The fraction of sp³-hybridized carbons (Fsp3) is 0.273. The van der Waals surface area contributed by atoms with Crippen LogP contribution in [0.15, 0.2) is 41.8 Å². The summed E-state index contributed by atoms with van der Waals surface area (Å²) in [6.45, 7) is 7.94. The van der Waals surface area contributed by atoms with Crippen LogP contribution in [0.25, 0.3) is 5.00 Å². The van der Waals surface area contributed by atoms with Crippen molar-refractivity contribution in [3.63, 3.8) is 0 Å². The molecule has 0 aliphatic heterocycles. The lowest BCUT2D eigenvalue weighted by Crippen LogP contribution is -2.35. The van der Waals surface area contributed by atoms with Crippen LogP contribution in [0.4, 0.5) is 5.69 Å². The van der Waals surface area contributed by atoms with Crippen LogP contribution < -0.4 is 5.32 Å². The molecule has 5 nitrogen and oxygen atoms in total. The lowest BCUT2D eigenvalue weighted by molar-refractivity contribution is -0.116. The Morgan fingerprint density at radius 1 is 1.00 bits per heavy atom. The van der Waals surface area contributed by atoms with Crippen molar-refractivity contribution in [2.24, 2.45) is 0 Å². The van der Waals surface area contributed by atoms with Crippen LogP contribution in [-0.4, -0.2) is 34.9 Å². The summed E-state index contributed by atoms with van der Waals surface area (Å²) in [5, 5.41) is 5.72. The van der Waals surface area contributed by atoms with Gasteiger partial charge in [-0.05, 0) is 62.4 Å². The zero-order valence-corrected chi connectivity index (χ0v) is 17.7. The van der Waals surface area contributed by atoms with E-state index >= 15 is 0 Å². The first-order valence-corrected chi connectivity index (χ1v) is 10.0. The van der Waals surface area contributed by atoms with Crippen LogP contribution in [-0.2, 0) is 4.79 Å². The molecule has 0 bridgehead atoms. The molecular weight excluding hydrogens is 370 g/mol. The van der Waals surface area contributed by atoms with Gasteiger partial charge in [-0.2, -0.15) is 0 Å². The van der Waals surface area contributed by atoms with E-state index in [-0.39, 0.29) is 18.4 Å². The Balaban J connectivity index is 1.76. The number of likely N-dealkylation sites (N-methyl/N-ethyl adjacent to an activating group) is 1. The summed E-state index contributed by atoms with van der Waals surface area (Å²) >= 11 is 1.52. The fourth-order valence-corrected chi connectivity index (χ4v) is 4.32. The average Bonchev–Trinajstić information content (AvgIpc) is 3.23. The molecule has 3 aromatic rings. The number of rotatable bonds is 5. The number of anilines is 1. The number of para-hydroxylation sites is 1. The lowest BCUT2D eigenvalue weighted by atomic mass is 10.1. The van der Waals surface area contributed by atoms with E-state index in [1.807, 2.05) is 69.5 Å². The van der Waals surface area contributed by atoms with Gasteiger partial charge in [0, 0.05) is 24.1 Å². The van der Waals surface area contributed by atoms with Gasteiger partial charge < -0.3 is 14.8 Å². The van der Waals surface area contributed by atoms with Crippen LogP contribution in [0.1, 0.15) is 32.9 Å². The van der Waals surface area contributed by atoms with E-state index in [0.717, 1.165) is 33.2 Å². The molecule has 2 aromatic heterocycles. The van der Waals surface area contributed by atoms with Gasteiger partial charge in [-0.25, -0.2) is 0 Å². The minimum Gasteiger partial charge on any atom is -0.332 e. The first-order chi connectivity index (χ1) is 13.3. The van der Waals surface area contributed by atoms with E-state index in [1.54, 1.807) is 7.05 Å². The van der Waals surface area contributed by atoms with Gasteiger partial charge in [-0.3, -0.25) is 9.59 Å². The second-order valence-corrected chi connectivity index (χ2v) is 7.96. The number of hydrogen-bond acceptors (Lipinski definition) is 3. The third-order valence-corrected chi connectivity index (χ3v) is 5.72. The Labute approximate surface area is 169 Å². The highest BCUT2D eigenvalue weighted by Gasteiger charge is 2.21. The van der Waals surface area contributed by atoms with E-state index in [1.165, 1.54) is 16.2 Å². The second-order valence-electron chi connectivity index (χ2n) is 7.07. The molecule has 0 spiro atoms. The predicted molar refractivity (Wildman–Crippen MR) is 115 cm³/mol. The van der Waals surface area contributed by atoms with Gasteiger partial charge >= 0.3 is 0 Å².